The standard InChI is InChI=1S/C23H22F3N3O2/c24-23(25,26)18-5-3-15-11-28(12-16(15)9-18)21(30)14-4-6-20-17(8-14)13-29(22(20)31)19-2-1-7-27-10-19/h3-6,8-9,19,27H,1-2,7,10-13H2. The maximum atomic E-state index is 13.1. The number of hydrogen-bond acceptors (Lipinski definition) is 3. The number of piperidine rings is 1. The lowest BCUT2D eigenvalue weighted by molar-refractivity contribution is -0.137. The predicted molar refractivity (Wildman–Crippen MR) is 107 cm³/mol. The monoisotopic (exact) mass is 429 g/mol. The molecule has 0 radical (unpaired) electrons. The third-order valence-electron chi connectivity index (χ3n) is 6.44. The van der Waals surface area contributed by atoms with Gasteiger partial charge in [0.2, 0.25) is 0 Å². The van der Waals surface area contributed by atoms with E-state index in [1.165, 1.54) is 6.07 Å². The predicted octanol–water partition coefficient (Wildman–Crippen LogP) is 3.57. The minimum absolute atomic E-state index is 0.00374. The molecule has 162 valence electrons. The Morgan fingerprint density at radius 1 is 1.00 bits per heavy atom. The first-order valence-electron chi connectivity index (χ1n) is 10.4. The fraction of sp³-hybridized carbons (Fsp3) is 0.391. The van der Waals surface area contributed by atoms with Crippen LogP contribution in [-0.2, 0) is 25.8 Å². The number of fused-ring (bicyclic) bond motifs is 2. The topological polar surface area (TPSA) is 52.7 Å². The Kier molecular flexibility index (Phi) is 4.77. The Bertz CT molecular complexity index is 1060. The first-order valence-corrected chi connectivity index (χ1v) is 10.4. The van der Waals surface area contributed by atoms with Crippen molar-refractivity contribution in [2.45, 2.75) is 44.7 Å². The second-order valence-corrected chi connectivity index (χ2v) is 8.45. The van der Waals surface area contributed by atoms with Gasteiger partial charge >= 0.3 is 6.18 Å². The smallest absolute Gasteiger partial charge is 0.330 e. The summed E-state index contributed by atoms with van der Waals surface area (Å²) in [5, 5.41) is 3.32. The zero-order valence-corrected chi connectivity index (χ0v) is 16.8. The highest BCUT2D eigenvalue weighted by molar-refractivity contribution is 6.01. The third kappa shape index (κ3) is 3.59. The van der Waals surface area contributed by atoms with Crippen LogP contribution in [0, 0.1) is 0 Å². The summed E-state index contributed by atoms with van der Waals surface area (Å²) in [5.41, 5.74) is 2.47. The van der Waals surface area contributed by atoms with Crippen LogP contribution in [0.25, 0.3) is 0 Å². The lowest BCUT2D eigenvalue weighted by Gasteiger charge is -2.31. The second kappa shape index (κ2) is 7.37. The maximum absolute atomic E-state index is 13.1. The Hall–Kier alpha value is -2.87. The molecule has 1 N–H and O–H groups in total. The number of rotatable bonds is 2. The van der Waals surface area contributed by atoms with Crippen LogP contribution in [-0.4, -0.2) is 40.7 Å². The third-order valence-corrected chi connectivity index (χ3v) is 6.44. The van der Waals surface area contributed by atoms with Crippen LogP contribution < -0.4 is 5.32 Å². The molecule has 8 heteroatoms. The number of nitrogens with zero attached hydrogens (tertiary/aromatic N) is 2. The molecule has 2 aromatic carbocycles. The van der Waals surface area contributed by atoms with Gasteiger partial charge in [-0.15, -0.1) is 0 Å². The van der Waals surface area contributed by atoms with Crippen molar-refractivity contribution in [1.29, 1.82) is 0 Å². The summed E-state index contributed by atoms with van der Waals surface area (Å²) in [5.74, 6) is -0.242. The maximum Gasteiger partial charge on any atom is 0.416 e. The fourth-order valence-electron chi connectivity index (χ4n) is 4.77. The molecule has 5 nitrogen and oxygen atoms in total. The van der Waals surface area contributed by atoms with Crippen LogP contribution in [0.3, 0.4) is 0 Å². The van der Waals surface area contributed by atoms with E-state index in [-0.39, 0.29) is 30.9 Å². The Morgan fingerprint density at radius 2 is 1.81 bits per heavy atom. The highest BCUT2D eigenvalue weighted by atomic mass is 19.4. The Balaban J connectivity index is 1.33. The molecule has 0 aromatic heterocycles. The van der Waals surface area contributed by atoms with Crippen LogP contribution in [0.5, 0.6) is 0 Å². The van der Waals surface area contributed by atoms with Crippen molar-refractivity contribution in [1.82, 2.24) is 15.1 Å². The molecule has 0 bridgehead atoms. The van der Waals surface area contributed by atoms with Crippen LogP contribution in [0.2, 0.25) is 0 Å². The molecule has 31 heavy (non-hydrogen) atoms. The summed E-state index contributed by atoms with van der Waals surface area (Å²) < 4.78 is 39.0. The quantitative estimate of drug-likeness (QED) is 0.794. The zero-order chi connectivity index (χ0) is 21.8. The van der Waals surface area contributed by atoms with Crippen LogP contribution in [0.1, 0.15) is 55.8 Å². The van der Waals surface area contributed by atoms with Crippen molar-refractivity contribution >= 4 is 11.8 Å². The number of alkyl halides is 3. The van der Waals surface area contributed by atoms with Gasteiger partial charge in [-0.1, -0.05) is 6.07 Å². The van der Waals surface area contributed by atoms with Gasteiger partial charge in [0.05, 0.1) is 5.56 Å². The lowest BCUT2D eigenvalue weighted by Crippen LogP contribution is -2.46. The molecular weight excluding hydrogens is 407 g/mol. The van der Waals surface area contributed by atoms with E-state index in [9.17, 15) is 22.8 Å². The molecule has 2 aromatic rings. The van der Waals surface area contributed by atoms with Gasteiger partial charge in [-0.05, 0) is 66.4 Å². The van der Waals surface area contributed by atoms with E-state index in [1.807, 2.05) is 4.90 Å². The molecule has 1 fully saturated rings. The van der Waals surface area contributed by atoms with Crippen molar-refractivity contribution in [2.24, 2.45) is 0 Å². The minimum Gasteiger partial charge on any atom is -0.330 e. The average Bonchev–Trinajstić information content (AvgIpc) is 3.33. The number of carbonyl (C=O) groups is 2. The summed E-state index contributed by atoms with van der Waals surface area (Å²) in [6.07, 6.45) is -2.41. The molecule has 2 amide bonds. The largest absolute Gasteiger partial charge is 0.416 e. The molecule has 0 saturated carbocycles. The first kappa shape index (κ1) is 20.1. The van der Waals surface area contributed by atoms with E-state index in [0.717, 1.165) is 49.2 Å². The van der Waals surface area contributed by atoms with Gasteiger partial charge in [-0.3, -0.25) is 9.59 Å². The van der Waals surface area contributed by atoms with E-state index in [0.29, 0.717) is 23.2 Å². The highest BCUT2D eigenvalue weighted by Gasteiger charge is 2.35. The van der Waals surface area contributed by atoms with Gasteiger partial charge in [0, 0.05) is 43.3 Å². The van der Waals surface area contributed by atoms with Gasteiger partial charge in [0.15, 0.2) is 0 Å². The van der Waals surface area contributed by atoms with Gasteiger partial charge < -0.3 is 15.1 Å². The van der Waals surface area contributed by atoms with Crippen LogP contribution in [0.15, 0.2) is 36.4 Å². The summed E-state index contributed by atoms with van der Waals surface area (Å²) in [7, 11) is 0. The van der Waals surface area contributed by atoms with Crippen molar-refractivity contribution in [3.63, 3.8) is 0 Å². The van der Waals surface area contributed by atoms with E-state index >= 15 is 0 Å². The molecule has 1 saturated heterocycles. The van der Waals surface area contributed by atoms with E-state index in [2.05, 4.69) is 5.32 Å². The molecule has 0 aliphatic carbocycles. The number of hydrogen-bond donors (Lipinski definition) is 1. The first-order chi connectivity index (χ1) is 14.8. The van der Waals surface area contributed by atoms with Crippen molar-refractivity contribution in [2.75, 3.05) is 13.1 Å². The molecule has 5 rings (SSSR count). The number of halogens is 3. The SMILES string of the molecule is O=C(c1ccc2c(c1)CN(C1CCCNC1)C2=O)N1Cc2ccc(C(F)(F)F)cc2C1. The van der Waals surface area contributed by atoms with Gasteiger partial charge in [-0.2, -0.15) is 13.2 Å². The number of amides is 2. The number of benzene rings is 2. The second-order valence-electron chi connectivity index (χ2n) is 8.45. The Morgan fingerprint density at radius 3 is 2.55 bits per heavy atom. The Labute approximate surface area is 177 Å². The van der Waals surface area contributed by atoms with Gasteiger partial charge in [0.1, 0.15) is 0 Å². The van der Waals surface area contributed by atoms with Crippen molar-refractivity contribution < 1.29 is 22.8 Å². The summed E-state index contributed by atoms with van der Waals surface area (Å²) >= 11 is 0. The molecule has 3 aliphatic rings. The summed E-state index contributed by atoms with van der Waals surface area (Å²) in [6.45, 7) is 2.65. The van der Waals surface area contributed by atoms with E-state index in [1.54, 1.807) is 23.1 Å². The number of nitrogens with one attached hydrogen (secondary N) is 1. The lowest BCUT2D eigenvalue weighted by atomic mass is 10.1. The molecule has 1 atom stereocenters. The highest BCUT2D eigenvalue weighted by Crippen LogP contribution is 2.34. The zero-order valence-electron chi connectivity index (χ0n) is 16.8. The van der Waals surface area contributed by atoms with Crippen LogP contribution >= 0.6 is 0 Å². The number of carbonyl (C=O) groups excluding carboxylic acids is 2. The van der Waals surface area contributed by atoms with Gasteiger partial charge in [0.25, 0.3) is 11.8 Å². The van der Waals surface area contributed by atoms with Crippen molar-refractivity contribution in [3.8, 4) is 0 Å². The fourth-order valence-corrected chi connectivity index (χ4v) is 4.77. The van der Waals surface area contributed by atoms with E-state index < -0.39 is 11.7 Å². The minimum atomic E-state index is -4.40. The van der Waals surface area contributed by atoms with Crippen molar-refractivity contribution in [3.05, 3.63) is 69.8 Å². The molecule has 3 heterocycles. The van der Waals surface area contributed by atoms with Gasteiger partial charge in [-0.25, -0.2) is 0 Å². The normalized spacial score (nSPS) is 20.7. The molecular formula is C23H22F3N3O2. The molecule has 1 unspecified atom stereocenters. The summed E-state index contributed by atoms with van der Waals surface area (Å²) in [4.78, 5) is 29.3. The average molecular weight is 429 g/mol. The molecule has 0 spiro atoms. The van der Waals surface area contributed by atoms with Crippen LogP contribution in [0.4, 0.5) is 13.2 Å². The summed E-state index contributed by atoms with van der Waals surface area (Å²) in [6, 6.07) is 8.89. The van der Waals surface area contributed by atoms with E-state index in [4.69, 9.17) is 0 Å². The molecule has 3 aliphatic heterocycles.